The minimum absolute atomic E-state index is 0.0896. The van der Waals surface area contributed by atoms with Gasteiger partial charge in [0.1, 0.15) is 0 Å². The molecule has 0 aromatic carbocycles. The molecule has 3 unspecified atom stereocenters. The molecule has 0 saturated carbocycles. The number of rotatable bonds is 2. The van der Waals surface area contributed by atoms with Gasteiger partial charge in [0, 0.05) is 0 Å². The highest BCUT2D eigenvalue weighted by Crippen LogP contribution is 2.30. The molecule has 0 aromatic rings. The fraction of sp³-hybridized carbons (Fsp3) is 0.455. The monoisotopic (exact) mass is 207 g/mol. The van der Waals surface area contributed by atoms with Crippen LogP contribution in [0.4, 0.5) is 0 Å². The van der Waals surface area contributed by atoms with Crippen LogP contribution >= 0.6 is 0 Å². The van der Waals surface area contributed by atoms with Crippen LogP contribution in [0.2, 0.25) is 0 Å². The summed E-state index contributed by atoms with van der Waals surface area (Å²) < 4.78 is 0. The molecule has 1 fully saturated rings. The Morgan fingerprint density at radius 1 is 1.27 bits per heavy atom. The van der Waals surface area contributed by atoms with Gasteiger partial charge in [0.05, 0.1) is 24.5 Å². The predicted molar refractivity (Wildman–Crippen MR) is 53.7 cm³/mol. The van der Waals surface area contributed by atoms with Gasteiger partial charge in [-0.1, -0.05) is 24.3 Å². The van der Waals surface area contributed by atoms with Gasteiger partial charge in [-0.15, -0.1) is 0 Å². The molecule has 2 amide bonds. The lowest BCUT2D eigenvalue weighted by molar-refractivity contribution is -0.140. The second kappa shape index (κ2) is 3.62. The minimum Gasteiger partial charge on any atom is -0.392 e. The van der Waals surface area contributed by atoms with Gasteiger partial charge in [-0.25, -0.2) is 0 Å². The average molecular weight is 207 g/mol. The van der Waals surface area contributed by atoms with Crippen LogP contribution in [0.1, 0.15) is 6.92 Å². The van der Waals surface area contributed by atoms with Crippen molar-refractivity contribution in [3.05, 3.63) is 24.3 Å². The molecule has 2 aliphatic rings. The summed E-state index contributed by atoms with van der Waals surface area (Å²) in [5.41, 5.74) is 0. The largest absolute Gasteiger partial charge is 0.392 e. The summed E-state index contributed by atoms with van der Waals surface area (Å²) in [4.78, 5) is 24.7. The molecule has 3 atom stereocenters. The summed E-state index contributed by atoms with van der Waals surface area (Å²) in [7, 11) is 0. The second-order valence-electron chi connectivity index (χ2n) is 3.96. The number of aliphatic hydroxyl groups is 1. The molecule has 1 aliphatic carbocycles. The zero-order valence-electron chi connectivity index (χ0n) is 8.46. The normalized spacial score (nSPS) is 30.9. The second-order valence-corrected chi connectivity index (χ2v) is 3.96. The smallest absolute Gasteiger partial charge is 0.237 e. The number of hydrogen-bond donors (Lipinski definition) is 1. The summed E-state index contributed by atoms with van der Waals surface area (Å²) in [5.74, 6) is -1.12. The van der Waals surface area contributed by atoms with Crippen LogP contribution in [-0.4, -0.2) is 34.5 Å². The standard InChI is InChI=1S/C11H13NO3/c1-7(13)6-12-10(14)8-4-2-3-5-9(8)11(12)15/h2-5,7-9,13H,6H2,1H3. The zero-order valence-corrected chi connectivity index (χ0v) is 8.46. The molecule has 1 N–H and O–H groups in total. The molecule has 15 heavy (non-hydrogen) atoms. The van der Waals surface area contributed by atoms with Gasteiger partial charge in [-0.3, -0.25) is 14.5 Å². The van der Waals surface area contributed by atoms with Crippen LogP contribution in [0.5, 0.6) is 0 Å². The summed E-state index contributed by atoms with van der Waals surface area (Å²) >= 11 is 0. The number of amides is 2. The maximum Gasteiger partial charge on any atom is 0.237 e. The van der Waals surface area contributed by atoms with Crippen molar-refractivity contribution in [3.63, 3.8) is 0 Å². The maximum atomic E-state index is 11.8. The van der Waals surface area contributed by atoms with Crippen LogP contribution < -0.4 is 0 Å². The van der Waals surface area contributed by atoms with Crippen molar-refractivity contribution < 1.29 is 14.7 Å². The average Bonchev–Trinajstić information content (AvgIpc) is 2.44. The van der Waals surface area contributed by atoms with Crippen molar-refractivity contribution in [2.75, 3.05) is 6.54 Å². The van der Waals surface area contributed by atoms with Crippen molar-refractivity contribution in [3.8, 4) is 0 Å². The first-order valence-corrected chi connectivity index (χ1v) is 4.99. The first kappa shape index (κ1) is 10.1. The Labute approximate surface area is 87.9 Å². The number of fused-ring (bicyclic) bond motifs is 1. The molecule has 1 saturated heterocycles. The number of imide groups is 1. The number of likely N-dealkylation sites (tertiary alicyclic amines) is 1. The molecule has 0 spiro atoms. The van der Waals surface area contributed by atoms with E-state index in [1.54, 1.807) is 31.2 Å². The summed E-state index contributed by atoms with van der Waals surface area (Å²) in [5, 5.41) is 9.20. The van der Waals surface area contributed by atoms with Crippen LogP contribution in [0.25, 0.3) is 0 Å². The quantitative estimate of drug-likeness (QED) is 0.653. The van der Waals surface area contributed by atoms with Crippen molar-refractivity contribution in [2.24, 2.45) is 11.8 Å². The molecule has 1 aliphatic heterocycles. The number of aliphatic hydroxyl groups excluding tert-OH is 1. The lowest BCUT2D eigenvalue weighted by Crippen LogP contribution is -2.36. The summed E-state index contributed by atoms with van der Waals surface area (Å²) in [6.45, 7) is 1.65. The van der Waals surface area contributed by atoms with E-state index in [0.29, 0.717) is 0 Å². The Bertz CT molecular complexity index is 327. The summed E-state index contributed by atoms with van der Waals surface area (Å²) in [6, 6.07) is 0. The van der Waals surface area contributed by atoms with Gasteiger partial charge >= 0.3 is 0 Å². The molecule has 0 radical (unpaired) electrons. The van der Waals surface area contributed by atoms with Crippen molar-refractivity contribution >= 4 is 11.8 Å². The number of nitrogens with zero attached hydrogens (tertiary/aromatic N) is 1. The fourth-order valence-electron chi connectivity index (χ4n) is 1.99. The molecule has 80 valence electrons. The number of β-amino-alcohol motifs (C(OH)–C–C–N with tert-alkyl or cyclic N) is 1. The minimum atomic E-state index is -0.675. The van der Waals surface area contributed by atoms with E-state index in [4.69, 9.17) is 0 Å². The van der Waals surface area contributed by atoms with Crippen molar-refractivity contribution in [1.82, 2.24) is 4.90 Å². The van der Waals surface area contributed by atoms with E-state index in [9.17, 15) is 14.7 Å². The van der Waals surface area contributed by atoms with Crippen molar-refractivity contribution in [2.45, 2.75) is 13.0 Å². The Hall–Kier alpha value is -1.42. The fourth-order valence-corrected chi connectivity index (χ4v) is 1.99. The number of hydrogen-bond acceptors (Lipinski definition) is 3. The summed E-state index contributed by atoms with van der Waals surface area (Å²) in [6.07, 6.45) is 6.36. The highest BCUT2D eigenvalue weighted by Gasteiger charge is 2.45. The Kier molecular flexibility index (Phi) is 2.44. The molecule has 0 bridgehead atoms. The first-order valence-electron chi connectivity index (χ1n) is 4.99. The highest BCUT2D eigenvalue weighted by atomic mass is 16.3. The van der Waals surface area contributed by atoms with Gasteiger partial charge in [0.15, 0.2) is 0 Å². The molecular weight excluding hydrogens is 194 g/mol. The van der Waals surface area contributed by atoms with E-state index in [2.05, 4.69) is 0 Å². The SMILES string of the molecule is CC(O)CN1C(=O)C2C=CC=CC2C1=O. The van der Waals surface area contributed by atoms with E-state index >= 15 is 0 Å². The van der Waals surface area contributed by atoms with E-state index in [0.717, 1.165) is 4.90 Å². The predicted octanol–water partition coefficient (Wildman–Crippen LogP) is 0.0944. The molecule has 2 rings (SSSR count). The molecule has 4 nitrogen and oxygen atoms in total. The number of carbonyl (C=O) groups is 2. The van der Waals surface area contributed by atoms with Crippen LogP contribution in [0, 0.1) is 11.8 Å². The topological polar surface area (TPSA) is 57.6 Å². The van der Waals surface area contributed by atoms with E-state index in [-0.39, 0.29) is 30.2 Å². The van der Waals surface area contributed by atoms with E-state index in [1.165, 1.54) is 0 Å². The Morgan fingerprint density at radius 3 is 2.13 bits per heavy atom. The van der Waals surface area contributed by atoms with E-state index < -0.39 is 6.10 Å². The third-order valence-corrected chi connectivity index (χ3v) is 2.68. The number of carbonyl (C=O) groups excluding carboxylic acids is 2. The van der Waals surface area contributed by atoms with Crippen molar-refractivity contribution in [1.29, 1.82) is 0 Å². The van der Waals surface area contributed by atoms with Crippen LogP contribution in [-0.2, 0) is 9.59 Å². The number of allylic oxidation sites excluding steroid dienone is 2. The van der Waals surface area contributed by atoms with Gasteiger partial charge in [0.25, 0.3) is 0 Å². The van der Waals surface area contributed by atoms with Crippen LogP contribution in [0.3, 0.4) is 0 Å². The Balaban J connectivity index is 2.23. The molecular formula is C11H13NO3. The van der Waals surface area contributed by atoms with Gasteiger partial charge in [0.2, 0.25) is 11.8 Å². The maximum absolute atomic E-state index is 11.8. The van der Waals surface area contributed by atoms with Crippen LogP contribution in [0.15, 0.2) is 24.3 Å². The first-order chi connectivity index (χ1) is 7.11. The Morgan fingerprint density at radius 2 is 1.73 bits per heavy atom. The zero-order chi connectivity index (χ0) is 11.0. The van der Waals surface area contributed by atoms with Gasteiger partial charge < -0.3 is 5.11 Å². The molecule has 4 heteroatoms. The molecule has 1 heterocycles. The van der Waals surface area contributed by atoms with E-state index in [1.807, 2.05) is 0 Å². The lowest BCUT2D eigenvalue weighted by atomic mass is 9.91. The third-order valence-electron chi connectivity index (χ3n) is 2.68. The third kappa shape index (κ3) is 1.61. The van der Waals surface area contributed by atoms with Gasteiger partial charge in [-0.05, 0) is 6.92 Å². The highest BCUT2D eigenvalue weighted by molar-refractivity contribution is 6.07. The van der Waals surface area contributed by atoms with Gasteiger partial charge in [-0.2, -0.15) is 0 Å². The molecule has 0 aromatic heterocycles. The lowest BCUT2D eigenvalue weighted by Gasteiger charge is -2.15.